The minimum absolute atomic E-state index is 0.224. The van der Waals surface area contributed by atoms with Crippen LogP contribution in [0.1, 0.15) is 23.7 Å². The van der Waals surface area contributed by atoms with Crippen LogP contribution >= 0.6 is 22.7 Å². The fourth-order valence-electron chi connectivity index (χ4n) is 8.85. The van der Waals surface area contributed by atoms with Gasteiger partial charge in [-0.25, -0.2) is 9.98 Å². The van der Waals surface area contributed by atoms with Crippen molar-refractivity contribution in [1.29, 1.82) is 0 Å². The molecule has 264 valence electrons. The molecule has 10 aromatic rings. The maximum atomic E-state index is 5.20. The highest BCUT2D eigenvalue weighted by Gasteiger charge is 2.26. The van der Waals surface area contributed by atoms with Crippen LogP contribution in [0.15, 0.2) is 174 Å². The molecule has 0 radical (unpaired) electrons. The van der Waals surface area contributed by atoms with Crippen LogP contribution in [0.5, 0.6) is 0 Å². The SMILES string of the molecule is C1=c2c(sc3cccc(-c4cccc5c4sc4cccc(-n6c7ccccc7c7ccccc76)c45)c23)=C(C2=NC(c3ccccc3)=NC(c3ccccc3)N2)C1. The van der Waals surface area contributed by atoms with E-state index in [0.717, 1.165) is 29.2 Å². The van der Waals surface area contributed by atoms with Crippen molar-refractivity contribution in [1.82, 2.24) is 9.88 Å². The number of amidine groups is 2. The Balaban J connectivity index is 1.05. The van der Waals surface area contributed by atoms with Gasteiger partial charge in [0.25, 0.3) is 0 Å². The summed E-state index contributed by atoms with van der Waals surface area (Å²) in [5.41, 5.74) is 9.60. The van der Waals surface area contributed by atoms with Crippen LogP contribution in [0.3, 0.4) is 0 Å². The molecule has 4 nitrogen and oxygen atoms in total. The molecule has 0 fully saturated rings. The third-order valence-electron chi connectivity index (χ3n) is 11.3. The molecule has 0 bridgehead atoms. The van der Waals surface area contributed by atoms with Crippen LogP contribution in [-0.4, -0.2) is 16.2 Å². The van der Waals surface area contributed by atoms with Gasteiger partial charge in [0.2, 0.25) is 0 Å². The van der Waals surface area contributed by atoms with Gasteiger partial charge < -0.3 is 9.88 Å². The lowest BCUT2D eigenvalue weighted by molar-refractivity contribution is 0.676. The molecule has 0 saturated carbocycles. The van der Waals surface area contributed by atoms with Crippen LogP contribution in [0.4, 0.5) is 0 Å². The average Bonchev–Trinajstić information content (AvgIpc) is 4.03. The van der Waals surface area contributed by atoms with E-state index in [2.05, 4.69) is 174 Å². The summed E-state index contributed by atoms with van der Waals surface area (Å²) in [5, 5.41) is 11.5. The molecule has 56 heavy (non-hydrogen) atoms. The Morgan fingerprint density at radius 1 is 0.571 bits per heavy atom. The summed E-state index contributed by atoms with van der Waals surface area (Å²) >= 11 is 3.78. The van der Waals surface area contributed by atoms with E-state index >= 15 is 0 Å². The zero-order valence-corrected chi connectivity index (χ0v) is 31.7. The summed E-state index contributed by atoms with van der Waals surface area (Å²) in [7, 11) is 0. The van der Waals surface area contributed by atoms with Crippen molar-refractivity contribution in [3.63, 3.8) is 0 Å². The molecule has 2 aliphatic rings. The topological polar surface area (TPSA) is 41.7 Å². The number of hydrogen-bond donors (Lipinski definition) is 1. The second-order valence-corrected chi connectivity index (χ2v) is 16.6. The van der Waals surface area contributed by atoms with E-state index < -0.39 is 0 Å². The zero-order valence-electron chi connectivity index (χ0n) is 30.1. The first-order chi connectivity index (χ1) is 27.8. The van der Waals surface area contributed by atoms with Gasteiger partial charge in [-0.15, -0.1) is 22.7 Å². The number of rotatable bonds is 5. The first kappa shape index (κ1) is 31.7. The van der Waals surface area contributed by atoms with Crippen molar-refractivity contribution in [2.45, 2.75) is 12.6 Å². The second kappa shape index (κ2) is 12.5. The van der Waals surface area contributed by atoms with Gasteiger partial charge in [-0.2, -0.15) is 0 Å². The average molecular weight is 753 g/mol. The molecule has 7 aromatic carbocycles. The maximum absolute atomic E-state index is 5.20. The number of aromatic nitrogens is 1. The number of fused-ring (bicyclic) bond motifs is 9. The number of thiophene rings is 2. The number of para-hydroxylation sites is 2. The van der Waals surface area contributed by atoms with Gasteiger partial charge in [0.05, 0.1) is 16.7 Å². The lowest BCUT2D eigenvalue weighted by Crippen LogP contribution is -2.35. The molecule has 0 saturated heterocycles. The quantitative estimate of drug-likeness (QED) is 0.187. The third-order valence-corrected chi connectivity index (χ3v) is 13.8. The highest BCUT2D eigenvalue weighted by molar-refractivity contribution is 7.26. The number of nitrogens with one attached hydrogen (secondary N) is 1. The van der Waals surface area contributed by atoms with Crippen LogP contribution < -0.4 is 15.1 Å². The van der Waals surface area contributed by atoms with Crippen LogP contribution in [0.25, 0.3) is 80.5 Å². The second-order valence-electron chi connectivity index (χ2n) is 14.5. The fraction of sp³-hybridized carbons (Fsp3) is 0.0400. The molecule has 1 aliphatic heterocycles. The summed E-state index contributed by atoms with van der Waals surface area (Å²) in [5.74, 6) is 1.66. The van der Waals surface area contributed by atoms with E-state index in [-0.39, 0.29) is 6.17 Å². The molecule has 1 N–H and O–H groups in total. The Hall–Kier alpha value is -6.60. The zero-order chi connectivity index (χ0) is 36.7. The Labute approximate surface area is 330 Å². The molecule has 4 heterocycles. The highest BCUT2D eigenvalue weighted by atomic mass is 32.1. The number of nitrogens with zero attached hydrogens (tertiary/aromatic N) is 3. The van der Waals surface area contributed by atoms with Gasteiger partial charge in [-0.3, -0.25) is 0 Å². The molecule has 1 aliphatic carbocycles. The summed E-state index contributed by atoms with van der Waals surface area (Å²) in [4.78, 5) is 10.3. The number of benzene rings is 7. The van der Waals surface area contributed by atoms with Crippen molar-refractivity contribution in [2.75, 3.05) is 0 Å². The highest BCUT2D eigenvalue weighted by Crippen LogP contribution is 2.45. The third kappa shape index (κ3) is 4.76. The molecule has 6 heteroatoms. The molecular formula is C50H32N4S2. The van der Waals surface area contributed by atoms with Crippen LogP contribution in [0.2, 0.25) is 0 Å². The van der Waals surface area contributed by atoms with Gasteiger partial charge >= 0.3 is 0 Å². The first-order valence-electron chi connectivity index (χ1n) is 19.0. The van der Waals surface area contributed by atoms with E-state index in [1.54, 1.807) is 0 Å². The first-order valence-corrected chi connectivity index (χ1v) is 20.6. The van der Waals surface area contributed by atoms with E-state index in [9.17, 15) is 0 Å². The molecule has 0 amide bonds. The standard InChI is InChI=1S/C50H32N4S2/c1-3-14-30(15-4-1)48-51-49(31-16-5-2-6-17-31)53-50(52-48)38-29-28-37-44-34(20-12-26-42(44)55-47(37)38)35-21-11-22-36-45-41(25-13-27-43(45)56-46(35)36)54-39-23-9-7-18-32(39)33-19-8-10-24-40(33)54/h1-28,48H,29H2,(H,51,52,53). The lowest BCUT2D eigenvalue weighted by atomic mass is 9.98. The molecule has 3 aromatic heterocycles. The molecule has 12 rings (SSSR count). The largest absolute Gasteiger partial charge is 0.344 e. The van der Waals surface area contributed by atoms with E-state index in [1.165, 1.54) is 84.2 Å². The van der Waals surface area contributed by atoms with E-state index in [0.29, 0.717) is 0 Å². The Morgan fingerprint density at radius 2 is 1.21 bits per heavy atom. The minimum Gasteiger partial charge on any atom is -0.344 e. The summed E-state index contributed by atoms with van der Waals surface area (Å²) in [6.07, 6.45) is 3.00. The lowest BCUT2D eigenvalue weighted by Gasteiger charge is -2.24. The monoisotopic (exact) mass is 752 g/mol. The van der Waals surface area contributed by atoms with E-state index in [4.69, 9.17) is 9.98 Å². The van der Waals surface area contributed by atoms with Crippen molar-refractivity contribution in [3.05, 3.63) is 185 Å². The van der Waals surface area contributed by atoms with Gasteiger partial charge in [-0.1, -0.05) is 140 Å². The van der Waals surface area contributed by atoms with Crippen molar-refractivity contribution >= 4 is 98.1 Å². The normalized spacial score (nSPS) is 15.4. The van der Waals surface area contributed by atoms with Gasteiger partial charge in [0, 0.05) is 62.3 Å². The Bertz CT molecular complexity index is 3370. The Kier molecular flexibility index (Phi) is 7.06. The maximum Gasteiger partial charge on any atom is 0.159 e. The van der Waals surface area contributed by atoms with Crippen molar-refractivity contribution in [2.24, 2.45) is 9.98 Å². The summed E-state index contributed by atoms with van der Waals surface area (Å²) in [6, 6.07) is 58.8. The number of aliphatic imine (C=N–C) groups is 2. The van der Waals surface area contributed by atoms with Crippen molar-refractivity contribution in [3.8, 4) is 16.8 Å². The van der Waals surface area contributed by atoms with Crippen molar-refractivity contribution < 1.29 is 0 Å². The van der Waals surface area contributed by atoms with Gasteiger partial charge in [0.15, 0.2) is 5.84 Å². The molecule has 1 atom stereocenters. The Morgan fingerprint density at radius 3 is 2.00 bits per heavy atom. The summed E-state index contributed by atoms with van der Waals surface area (Å²) < 4.78 is 7.65. The molecule has 1 unspecified atom stereocenters. The van der Waals surface area contributed by atoms with Gasteiger partial charge in [0.1, 0.15) is 12.0 Å². The van der Waals surface area contributed by atoms with Gasteiger partial charge in [-0.05, 0) is 53.1 Å². The molecule has 0 spiro atoms. The summed E-state index contributed by atoms with van der Waals surface area (Å²) in [6.45, 7) is 0. The van der Waals surface area contributed by atoms with E-state index in [1.807, 2.05) is 28.7 Å². The van der Waals surface area contributed by atoms with Crippen LogP contribution in [-0.2, 0) is 0 Å². The minimum atomic E-state index is -0.224. The predicted molar refractivity (Wildman–Crippen MR) is 239 cm³/mol. The molecular weight excluding hydrogens is 721 g/mol. The predicted octanol–water partition coefficient (Wildman–Crippen LogP) is 11.5. The number of hydrogen-bond acceptors (Lipinski definition) is 5. The van der Waals surface area contributed by atoms with Crippen LogP contribution in [0, 0.1) is 0 Å². The smallest absolute Gasteiger partial charge is 0.159 e. The fourth-order valence-corrected chi connectivity index (χ4v) is 11.4.